The highest BCUT2D eigenvalue weighted by molar-refractivity contribution is 5.88. The SMILES string of the molecule is O=C1OC([C@@H](O)CO)C=C1O. The maximum atomic E-state index is 10.5. The second kappa shape index (κ2) is 2.89. The summed E-state index contributed by atoms with van der Waals surface area (Å²) < 4.78 is 4.43. The summed E-state index contributed by atoms with van der Waals surface area (Å²) in [5.41, 5.74) is 0. The first-order chi connectivity index (χ1) is 5.15. The number of hydrogen-bond donors (Lipinski definition) is 3. The predicted octanol–water partition coefficient (Wildman–Crippen LogP) is -1.29. The van der Waals surface area contributed by atoms with Crippen LogP contribution in [0.5, 0.6) is 0 Å². The van der Waals surface area contributed by atoms with E-state index in [1.807, 2.05) is 0 Å². The molecule has 1 aliphatic rings. The summed E-state index contributed by atoms with van der Waals surface area (Å²) in [6, 6.07) is 0. The van der Waals surface area contributed by atoms with Crippen LogP contribution in [0.15, 0.2) is 11.8 Å². The van der Waals surface area contributed by atoms with Gasteiger partial charge in [0.1, 0.15) is 6.10 Å². The fraction of sp³-hybridized carbons (Fsp3) is 0.500. The molecule has 1 aliphatic heterocycles. The van der Waals surface area contributed by atoms with Crippen LogP contribution in [-0.2, 0) is 9.53 Å². The lowest BCUT2D eigenvalue weighted by molar-refractivity contribution is -0.146. The molecule has 0 saturated carbocycles. The molecule has 0 bridgehead atoms. The van der Waals surface area contributed by atoms with Crippen LogP contribution in [0.4, 0.5) is 0 Å². The van der Waals surface area contributed by atoms with Crippen molar-refractivity contribution in [3.05, 3.63) is 11.8 Å². The largest absolute Gasteiger partial charge is 0.502 e. The standard InChI is InChI=1S/C6H8O5/c7-2-4(9)5-1-3(8)6(10)11-5/h1,4-5,7-9H,2H2/t4-,5?/m0/s1. The van der Waals surface area contributed by atoms with Crippen LogP contribution in [0.3, 0.4) is 0 Å². The predicted molar refractivity (Wildman–Crippen MR) is 33.7 cm³/mol. The van der Waals surface area contributed by atoms with Crippen molar-refractivity contribution in [3.63, 3.8) is 0 Å². The zero-order valence-electron chi connectivity index (χ0n) is 5.60. The van der Waals surface area contributed by atoms with E-state index in [-0.39, 0.29) is 0 Å². The Labute approximate surface area is 62.5 Å². The molecule has 62 valence electrons. The number of aliphatic hydroxyl groups excluding tert-OH is 3. The smallest absolute Gasteiger partial charge is 0.373 e. The first-order valence-corrected chi connectivity index (χ1v) is 3.06. The van der Waals surface area contributed by atoms with E-state index in [2.05, 4.69) is 4.74 Å². The third-order valence-electron chi connectivity index (χ3n) is 1.34. The van der Waals surface area contributed by atoms with Crippen LogP contribution in [0.25, 0.3) is 0 Å². The van der Waals surface area contributed by atoms with Gasteiger partial charge in [0, 0.05) is 6.08 Å². The van der Waals surface area contributed by atoms with Crippen molar-refractivity contribution in [2.75, 3.05) is 6.61 Å². The molecule has 11 heavy (non-hydrogen) atoms. The molecule has 5 nitrogen and oxygen atoms in total. The molecule has 1 heterocycles. The molecule has 0 aromatic heterocycles. The van der Waals surface area contributed by atoms with E-state index in [1.54, 1.807) is 0 Å². The summed E-state index contributed by atoms with van der Waals surface area (Å²) in [5.74, 6) is -1.40. The second-order valence-corrected chi connectivity index (χ2v) is 2.17. The van der Waals surface area contributed by atoms with E-state index in [9.17, 15) is 4.79 Å². The van der Waals surface area contributed by atoms with Gasteiger partial charge in [0.05, 0.1) is 6.61 Å². The zero-order valence-corrected chi connectivity index (χ0v) is 5.60. The minimum atomic E-state index is -1.16. The van der Waals surface area contributed by atoms with Crippen molar-refractivity contribution >= 4 is 5.97 Å². The fourth-order valence-corrected chi connectivity index (χ4v) is 0.735. The molecule has 3 N–H and O–H groups in total. The molecule has 0 fully saturated rings. The number of carbonyl (C=O) groups excluding carboxylic acids is 1. The van der Waals surface area contributed by atoms with E-state index < -0.39 is 30.5 Å². The Hall–Kier alpha value is -1.07. The Bertz CT molecular complexity index is 197. The molecule has 0 spiro atoms. The van der Waals surface area contributed by atoms with Gasteiger partial charge in [-0.05, 0) is 0 Å². The lowest BCUT2D eigenvalue weighted by Gasteiger charge is -2.11. The van der Waals surface area contributed by atoms with Crippen LogP contribution < -0.4 is 0 Å². The van der Waals surface area contributed by atoms with Crippen LogP contribution in [0.2, 0.25) is 0 Å². The molecular formula is C6H8O5. The summed E-state index contributed by atoms with van der Waals surface area (Å²) in [4.78, 5) is 10.5. The minimum Gasteiger partial charge on any atom is -0.502 e. The topological polar surface area (TPSA) is 87.0 Å². The van der Waals surface area contributed by atoms with Crippen molar-refractivity contribution in [3.8, 4) is 0 Å². The Balaban J connectivity index is 2.60. The molecular weight excluding hydrogens is 152 g/mol. The molecule has 1 rings (SSSR count). The number of hydrogen-bond acceptors (Lipinski definition) is 5. The normalized spacial score (nSPS) is 26.2. The van der Waals surface area contributed by atoms with Gasteiger partial charge in [-0.2, -0.15) is 0 Å². The Morgan fingerprint density at radius 3 is 2.73 bits per heavy atom. The van der Waals surface area contributed by atoms with Crippen LogP contribution in [0, 0.1) is 0 Å². The van der Waals surface area contributed by atoms with E-state index >= 15 is 0 Å². The van der Waals surface area contributed by atoms with Crippen molar-refractivity contribution < 1.29 is 24.9 Å². The molecule has 0 radical (unpaired) electrons. The van der Waals surface area contributed by atoms with Gasteiger partial charge < -0.3 is 20.1 Å². The first-order valence-electron chi connectivity index (χ1n) is 3.06. The van der Waals surface area contributed by atoms with Crippen LogP contribution in [0.1, 0.15) is 0 Å². The number of esters is 1. The van der Waals surface area contributed by atoms with Gasteiger partial charge in [-0.1, -0.05) is 0 Å². The Kier molecular flexibility index (Phi) is 2.11. The molecule has 2 atom stereocenters. The number of ether oxygens (including phenoxy) is 1. The van der Waals surface area contributed by atoms with Crippen LogP contribution in [-0.4, -0.2) is 40.1 Å². The monoisotopic (exact) mass is 160 g/mol. The first kappa shape index (κ1) is 8.03. The number of carbonyl (C=O) groups is 1. The van der Waals surface area contributed by atoms with Gasteiger partial charge in [0.2, 0.25) is 5.76 Å². The quantitative estimate of drug-likeness (QED) is 0.437. The van der Waals surface area contributed by atoms with E-state index in [1.165, 1.54) is 0 Å². The zero-order chi connectivity index (χ0) is 8.43. The van der Waals surface area contributed by atoms with Gasteiger partial charge >= 0.3 is 5.97 Å². The molecule has 0 aliphatic carbocycles. The maximum Gasteiger partial charge on any atom is 0.373 e. The van der Waals surface area contributed by atoms with Crippen LogP contribution >= 0.6 is 0 Å². The van der Waals surface area contributed by atoms with Gasteiger partial charge in [0.25, 0.3) is 0 Å². The van der Waals surface area contributed by atoms with Crippen molar-refractivity contribution in [2.24, 2.45) is 0 Å². The highest BCUT2D eigenvalue weighted by atomic mass is 16.6. The van der Waals surface area contributed by atoms with Crippen molar-refractivity contribution in [1.29, 1.82) is 0 Å². The lowest BCUT2D eigenvalue weighted by Crippen LogP contribution is -2.28. The number of rotatable bonds is 2. The molecule has 0 aromatic carbocycles. The van der Waals surface area contributed by atoms with Crippen molar-refractivity contribution in [1.82, 2.24) is 0 Å². The minimum absolute atomic E-state index is 0.512. The van der Waals surface area contributed by atoms with E-state index in [4.69, 9.17) is 15.3 Å². The summed E-state index contributed by atoms with van der Waals surface area (Å²) in [7, 11) is 0. The van der Waals surface area contributed by atoms with Gasteiger partial charge in [-0.25, -0.2) is 4.79 Å². The van der Waals surface area contributed by atoms with E-state index in [0.29, 0.717) is 0 Å². The number of cyclic esters (lactones) is 1. The summed E-state index contributed by atoms with van der Waals surface area (Å²) in [6.07, 6.45) is -1.03. The van der Waals surface area contributed by atoms with Gasteiger partial charge in [-0.15, -0.1) is 0 Å². The highest BCUT2D eigenvalue weighted by Crippen LogP contribution is 2.13. The third-order valence-corrected chi connectivity index (χ3v) is 1.34. The molecule has 1 unspecified atom stereocenters. The molecule has 0 aromatic rings. The number of aliphatic hydroxyl groups is 3. The lowest BCUT2D eigenvalue weighted by atomic mass is 10.2. The fourth-order valence-electron chi connectivity index (χ4n) is 0.735. The van der Waals surface area contributed by atoms with E-state index in [0.717, 1.165) is 6.08 Å². The third kappa shape index (κ3) is 1.50. The Morgan fingerprint density at radius 2 is 2.36 bits per heavy atom. The highest BCUT2D eigenvalue weighted by Gasteiger charge is 2.29. The summed E-state index contributed by atoms with van der Waals surface area (Å²) >= 11 is 0. The average molecular weight is 160 g/mol. The van der Waals surface area contributed by atoms with Gasteiger partial charge in [-0.3, -0.25) is 0 Å². The molecule has 0 amide bonds. The summed E-state index contributed by atoms with van der Waals surface area (Å²) in [5, 5.41) is 26.0. The van der Waals surface area contributed by atoms with Crippen molar-refractivity contribution in [2.45, 2.75) is 12.2 Å². The molecule has 0 saturated heterocycles. The Morgan fingerprint density at radius 1 is 1.73 bits per heavy atom. The molecule has 5 heteroatoms. The summed E-state index contributed by atoms with van der Waals surface area (Å²) in [6.45, 7) is -0.512. The van der Waals surface area contributed by atoms with Gasteiger partial charge in [0.15, 0.2) is 6.10 Å². The maximum absolute atomic E-state index is 10.5. The average Bonchev–Trinajstić information content (AvgIpc) is 2.31. The second-order valence-electron chi connectivity index (χ2n) is 2.17.